The molecule has 15 heavy (non-hydrogen) atoms. The minimum Gasteiger partial charge on any atom is -0.465 e. The molecule has 1 rings (SSSR count). The summed E-state index contributed by atoms with van der Waals surface area (Å²) in [6, 6.07) is 0.517. The van der Waals surface area contributed by atoms with Gasteiger partial charge in [0.15, 0.2) is 4.90 Å². The molecule has 82 valence electrons. The van der Waals surface area contributed by atoms with Crippen molar-refractivity contribution >= 4 is 16.2 Å². The Balaban J connectivity index is 3.36. The first-order valence-corrected chi connectivity index (χ1v) is 4.93. The number of nitrogens with zero attached hydrogens (tertiary/aromatic N) is 1. The van der Waals surface area contributed by atoms with Crippen LogP contribution in [-0.4, -0.2) is 26.5 Å². The zero-order valence-electron chi connectivity index (χ0n) is 7.40. The number of ether oxygens (including phenoxy) is 1. The van der Waals surface area contributed by atoms with Gasteiger partial charge < -0.3 is 4.74 Å². The molecular weight excluding hydrogens is 232 g/mol. The lowest BCUT2D eigenvalue weighted by atomic mass is 10.3. The molecule has 0 spiro atoms. The van der Waals surface area contributed by atoms with Crippen molar-refractivity contribution in [3.8, 4) is 0 Å². The highest BCUT2D eigenvalue weighted by Crippen LogP contribution is 2.16. The van der Waals surface area contributed by atoms with Crippen LogP contribution >= 0.6 is 0 Å². The second kappa shape index (κ2) is 3.89. The minimum absolute atomic E-state index is 0.352. The molecule has 0 aliphatic rings. The summed E-state index contributed by atoms with van der Waals surface area (Å²) in [7, 11) is -4.21. The summed E-state index contributed by atoms with van der Waals surface area (Å²) in [6.45, 7) is 0. The lowest BCUT2D eigenvalue weighted by Gasteiger charge is -2.00. The van der Waals surface area contributed by atoms with Gasteiger partial charge in [-0.15, -0.1) is 3.89 Å². The van der Waals surface area contributed by atoms with E-state index in [1.54, 1.807) is 0 Å². The molecule has 0 amide bonds. The lowest BCUT2D eigenvalue weighted by Crippen LogP contribution is -2.06. The number of carbonyl (C=O) groups excluding carboxylic acids is 1. The Morgan fingerprint density at radius 1 is 1.53 bits per heavy atom. The first kappa shape index (κ1) is 11.5. The van der Waals surface area contributed by atoms with Crippen molar-refractivity contribution < 1.29 is 26.2 Å². The van der Waals surface area contributed by atoms with Gasteiger partial charge in [-0.2, -0.15) is 12.8 Å². The number of esters is 1. The standard InChI is InChI=1S/C7H5F2NO4S/c1-14-7(11)4-2-5(15(9,12)13)6(8)10-3-4/h2-3H,1H3. The topological polar surface area (TPSA) is 73.3 Å². The number of rotatable bonds is 2. The number of hydrogen-bond donors (Lipinski definition) is 0. The van der Waals surface area contributed by atoms with Crippen LogP contribution < -0.4 is 0 Å². The number of methoxy groups -OCH3 is 1. The minimum atomic E-state index is -5.24. The van der Waals surface area contributed by atoms with Crippen LogP contribution in [0.25, 0.3) is 0 Å². The molecule has 0 aromatic carbocycles. The summed E-state index contributed by atoms with van der Waals surface area (Å²) in [5.74, 6) is -2.45. The maximum Gasteiger partial charge on any atom is 0.339 e. The maximum atomic E-state index is 12.8. The Bertz CT molecular complexity index is 500. The van der Waals surface area contributed by atoms with Crippen LogP contribution in [0.2, 0.25) is 0 Å². The predicted molar refractivity (Wildman–Crippen MR) is 43.8 cm³/mol. The molecule has 0 aliphatic heterocycles. The second-order valence-corrected chi connectivity index (χ2v) is 3.76. The SMILES string of the molecule is COC(=O)c1cnc(F)c(S(=O)(=O)F)c1. The molecule has 0 fully saturated rings. The number of hydrogen-bond acceptors (Lipinski definition) is 5. The molecule has 1 aromatic heterocycles. The van der Waals surface area contributed by atoms with Gasteiger partial charge >= 0.3 is 16.2 Å². The van der Waals surface area contributed by atoms with Gasteiger partial charge in [-0.25, -0.2) is 9.78 Å². The van der Waals surface area contributed by atoms with E-state index >= 15 is 0 Å². The second-order valence-electron chi connectivity index (χ2n) is 2.44. The van der Waals surface area contributed by atoms with E-state index in [2.05, 4.69) is 9.72 Å². The number of aromatic nitrogens is 1. The number of carbonyl (C=O) groups is 1. The summed E-state index contributed by atoms with van der Waals surface area (Å²) in [6.07, 6.45) is 0.746. The quantitative estimate of drug-likeness (QED) is 0.429. The molecule has 8 heteroatoms. The van der Waals surface area contributed by atoms with Gasteiger partial charge in [0.25, 0.3) is 0 Å². The van der Waals surface area contributed by atoms with Crippen molar-refractivity contribution in [1.29, 1.82) is 0 Å². The van der Waals surface area contributed by atoms with Crippen molar-refractivity contribution in [3.63, 3.8) is 0 Å². The average Bonchev–Trinajstić information content (AvgIpc) is 2.15. The Labute approximate surface area is 83.9 Å². The number of pyridine rings is 1. The highest BCUT2D eigenvalue weighted by molar-refractivity contribution is 7.86. The van der Waals surface area contributed by atoms with Crippen molar-refractivity contribution in [1.82, 2.24) is 4.98 Å². The summed E-state index contributed by atoms with van der Waals surface area (Å²) < 4.78 is 50.3. The highest BCUT2D eigenvalue weighted by atomic mass is 32.3. The molecule has 0 N–H and O–H groups in total. The van der Waals surface area contributed by atoms with E-state index in [4.69, 9.17) is 0 Å². The van der Waals surface area contributed by atoms with Crippen molar-refractivity contribution in [2.45, 2.75) is 4.90 Å². The van der Waals surface area contributed by atoms with E-state index in [1.165, 1.54) is 0 Å². The summed E-state index contributed by atoms with van der Waals surface area (Å²) in [4.78, 5) is 12.5. The first-order chi connectivity index (χ1) is 6.86. The number of halogens is 2. The van der Waals surface area contributed by atoms with Gasteiger partial charge in [0.1, 0.15) is 0 Å². The third-order valence-electron chi connectivity index (χ3n) is 1.49. The molecule has 0 bridgehead atoms. The van der Waals surface area contributed by atoms with Crippen molar-refractivity contribution in [2.24, 2.45) is 0 Å². The smallest absolute Gasteiger partial charge is 0.339 e. The van der Waals surface area contributed by atoms with Crippen LogP contribution in [0.1, 0.15) is 10.4 Å². The van der Waals surface area contributed by atoms with Crippen LogP contribution in [-0.2, 0) is 15.0 Å². The van der Waals surface area contributed by atoms with Crippen molar-refractivity contribution in [3.05, 3.63) is 23.8 Å². The predicted octanol–water partition coefficient (Wildman–Crippen LogP) is 0.665. The zero-order chi connectivity index (χ0) is 11.6. The van der Waals surface area contributed by atoms with Gasteiger partial charge in [0.05, 0.1) is 12.7 Å². The third kappa shape index (κ3) is 2.46. The van der Waals surface area contributed by atoms with Gasteiger partial charge in [-0.1, -0.05) is 0 Å². The van der Waals surface area contributed by atoms with E-state index in [1.807, 2.05) is 0 Å². The summed E-state index contributed by atoms with van der Waals surface area (Å²) in [5, 5.41) is 0. The fourth-order valence-corrected chi connectivity index (χ4v) is 1.35. The Hall–Kier alpha value is -1.57. The molecule has 0 aliphatic carbocycles. The van der Waals surface area contributed by atoms with Crippen LogP contribution in [0.3, 0.4) is 0 Å². The first-order valence-electron chi connectivity index (χ1n) is 3.55. The molecular formula is C7H5F2NO4S. The molecule has 0 unspecified atom stereocenters. The Morgan fingerprint density at radius 2 is 2.13 bits per heavy atom. The third-order valence-corrected chi connectivity index (χ3v) is 2.30. The van der Waals surface area contributed by atoms with E-state index in [9.17, 15) is 21.5 Å². The van der Waals surface area contributed by atoms with E-state index < -0.39 is 27.0 Å². The van der Waals surface area contributed by atoms with Gasteiger partial charge in [0, 0.05) is 6.20 Å². The average molecular weight is 237 g/mol. The monoisotopic (exact) mass is 237 g/mol. The van der Waals surface area contributed by atoms with Crippen LogP contribution in [0.5, 0.6) is 0 Å². The Morgan fingerprint density at radius 3 is 2.60 bits per heavy atom. The van der Waals surface area contributed by atoms with Crippen LogP contribution in [0.15, 0.2) is 17.2 Å². The molecule has 0 saturated carbocycles. The van der Waals surface area contributed by atoms with E-state index in [0.29, 0.717) is 6.07 Å². The fourth-order valence-electron chi connectivity index (χ4n) is 0.828. The molecule has 1 aromatic rings. The summed E-state index contributed by atoms with van der Waals surface area (Å²) >= 11 is 0. The molecule has 0 saturated heterocycles. The lowest BCUT2D eigenvalue weighted by molar-refractivity contribution is 0.0599. The van der Waals surface area contributed by atoms with Gasteiger partial charge in [-0.05, 0) is 6.07 Å². The maximum absolute atomic E-state index is 12.8. The Kier molecular flexibility index (Phi) is 2.98. The highest BCUT2D eigenvalue weighted by Gasteiger charge is 2.21. The summed E-state index contributed by atoms with van der Waals surface area (Å²) in [5.41, 5.74) is -0.352. The molecule has 5 nitrogen and oxygen atoms in total. The molecule has 0 radical (unpaired) electrons. The van der Waals surface area contributed by atoms with Gasteiger partial charge in [0.2, 0.25) is 5.95 Å². The molecule has 0 atom stereocenters. The zero-order valence-corrected chi connectivity index (χ0v) is 8.22. The normalized spacial score (nSPS) is 11.1. The van der Waals surface area contributed by atoms with Gasteiger partial charge in [-0.3, -0.25) is 0 Å². The van der Waals surface area contributed by atoms with Crippen LogP contribution in [0, 0.1) is 5.95 Å². The fraction of sp³-hybridized carbons (Fsp3) is 0.143. The van der Waals surface area contributed by atoms with Crippen LogP contribution in [0.4, 0.5) is 8.28 Å². The van der Waals surface area contributed by atoms with Crippen molar-refractivity contribution in [2.75, 3.05) is 7.11 Å². The van der Waals surface area contributed by atoms with E-state index in [-0.39, 0.29) is 5.56 Å². The van der Waals surface area contributed by atoms with E-state index in [0.717, 1.165) is 13.3 Å². The largest absolute Gasteiger partial charge is 0.465 e. The molecule has 1 heterocycles.